The number of aliphatic hydroxyl groups is 1. The zero-order chi connectivity index (χ0) is 54.6. The molecule has 4 atom stereocenters. The van der Waals surface area contributed by atoms with E-state index in [9.17, 15) is 57.8 Å². The van der Waals surface area contributed by atoms with Crippen molar-refractivity contribution in [1.29, 1.82) is 0 Å². The number of benzene rings is 2. The number of cyclic esters (lactones) is 1. The fourth-order valence-corrected chi connectivity index (χ4v) is 9.98. The highest BCUT2D eigenvalue weighted by Gasteiger charge is 2.46. The molecule has 8 rings (SSSR count). The molecule has 24 heteroatoms. The van der Waals surface area contributed by atoms with Crippen molar-refractivity contribution in [3.05, 3.63) is 110 Å². The molecule has 0 spiro atoms. The second-order valence-electron chi connectivity index (χ2n) is 18.8. The fraction of sp³-hybridized carbons (Fsp3) is 0.385. The number of fused-ring (bicyclic) bond motifs is 5. The van der Waals surface area contributed by atoms with E-state index in [1.807, 2.05) is 0 Å². The second-order valence-corrected chi connectivity index (χ2v) is 18.8. The van der Waals surface area contributed by atoms with Crippen molar-refractivity contribution in [2.24, 2.45) is 0 Å². The third kappa shape index (κ3) is 11.1. The number of halogens is 1. The number of nitrogens with one attached hydrogen (secondary N) is 6. The third-order valence-electron chi connectivity index (χ3n) is 13.9. The first kappa shape index (κ1) is 53.6. The van der Waals surface area contributed by atoms with E-state index in [1.54, 1.807) is 50.2 Å². The SMILES string of the molecule is CC[C@@]1(O)C(=O)OCc2c1cc1n(c2=O)Cc2c-1nc1cc(F)c(C)c3c1c2[C@@H](NC(=O)CCCNC(=O)CNC(=O)C(Cc1ccccc1)NC(=O)CNC(=O)CNC(=O)[C@H](CCC(=O)O)N1C(=O)C=CC1=O)CC3. The molecule has 1 aliphatic carbocycles. The third-order valence-corrected chi connectivity index (χ3v) is 13.9. The first-order valence-electron chi connectivity index (χ1n) is 24.6. The summed E-state index contributed by atoms with van der Waals surface area (Å²) in [6, 6.07) is 8.20. The quantitative estimate of drug-likeness (QED) is 0.0267. The lowest BCUT2D eigenvalue weighted by Gasteiger charge is -2.31. The van der Waals surface area contributed by atoms with Crippen LogP contribution >= 0.6 is 0 Å². The number of rotatable bonds is 21. The normalized spacial score (nSPS) is 17.7. The monoisotopic (exact) mass is 1050 g/mol. The molecule has 23 nitrogen and oxygen atoms in total. The highest BCUT2D eigenvalue weighted by atomic mass is 19.1. The number of carbonyl (C=O) groups is 10. The van der Waals surface area contributed by atoms with Gasteiger partial charge in [-0.05, 0) is 67.3 Å². The fourth-order valence-electron chi connectivity index (χ4n) is 9.98. The van der Waals surface area contributed by atoms with Crippen LogP contribution < -0.4 is 37.5 Å². The number of carboxylic acids is 1. The second kappa shape index (κ2) is 22.4. The Labute approximate surface area is 432 Å². The van der Waals surface area contributed by atoms with E-state index in [4.69, 9.17) is 14.8 Å². The molecule has 0 radical (unpaired) electrons. The Morgan fingerprint density at radius 1 is 0.855 bits per heavy atom. The van der Waals surface area contributed by atoms with Crippen LogP contribution in [0, 0.1) is 12.7 Å². The topological polar surface area (TPSA) is 331 Å². The summed E-state index contributed by atoms with van der Waals surface area (Å²) >= 11 is 0. The number of carboxylic acid groups (broad SMARTS) is 1. The smallest absolute Gasteiger partial charge is 0.343 e. The number of hydrogen-bond acceptors (Lipinski definition) is 14. The zero-order valence-electron chi connectivity index (χ0n) is 41.3. The molecule has 4 aliphatic rings. The summed E-state index contributed by atoms with van der Waals surface area (Å²) in [4.78, 5) is 146. The maximum Gasteiger partial charge on any atom is 0.343 e. The number of amides is 8. The highest BCUT2D eigenvalue weighted by molar-refractivity contribution is 6.15. The van der Waals surface area contributed by atoms with Crippen molar-refractivity contribution in [1.82, 2.24) is 46.4 Å². The summed E-state index contributed by atoms with van der Waals surface area (Å²) in [5, 5.41) is 36.4. The minimum Gasteiger partial charge on any atom is -0.481 e. The van der Waals surface area contributed by atoms with E-state index < -0.39 is 121 Å². The van der Waals surface area contributed by atoms with Crippen LogP contribution in [0.4, 0.5) is 4.39 Å². The molecule has 2 aromatic heterocycles. The van der Waals surface area contributed by atoms with E-state index >= 15 is 4.39 Å². The number of ether oxygens (including phenoxy) is 1. The largest absolute Gasteiger partial charge is 0.481 e. The van der Waals surface area contributed by atoms with E-state index in [-0.39, 0.29) is 62.4 Å². The number of aryl methyl sites for hydroxylation is 1. The zero-order valence-corrected chi connectivity index (χ0v) is 41.3. The summed E-state index contributed by atoms with van der Waals surface area (Å²) in [6.07, 6.45) is 1.81. The van der Waals surface area contributed by atoms with Gasteiger partial charge in [0.15, 0.2) is 5.60 Å². The molecule has 0 fully saturated rings. The lowest BCUT2D eigenvalue weighted by molar-refractivity contribution is -0.172. The van der Waals surface area contributed by atoms with Gasteiger partial charge in [0, 0.05) is 60.5 Å². The van der Waals surface area contributed by atoms with Crippen molar-refractivity contribution in [2.75, 3.05) is 26.2 Å². The Morgan fingerprint density at radius 3 is 2.24 bits per heavy atom. The molecular formula is C52H54FN9O14. The number of nitrogens with zero attached hydrogens (tertiary/aromatic N) is 3. The van der Waals surface area contributed by atoms with Crippen LogP contribution in [0.5, 0.6) is 0 Å². The molecule has 3 aliphatic heterocycles. The Balaban J connectivity index is 0.838. The van der Waals surface area contributed by atoms with Crippen LogP contribution in [-0.4, -0.2) is 122 Å². The standard InChI is InChI=1S/C52H54FN9O14/c1-3-52(75)31-19-37-47-29(24-61(37)50(73)30(31)25-76-51(52)74)46-33(12-11-28-26(2)32(53)20-34(60-47)45(28)46)58-38(63)10-7-17-54-39(64)21-56-48(71)35(18-27-8-5-4-6-9-27)59-41(66)23-55-40(65)22-57-49(72)36(13-16-44(69)70)62-42(67)14-15-43(62)68/h4-6,8-9,14-15,19-20,33,35-36,75H,3,7,10-13,16-18,21-25H2,1-2H3,(H,54,64)(H,55,65)(H,56,71)(H,57,72)(H,58,63)(H,59,66)(H,69,70)/t33-,35?,36-,52-/m0/s1. The van der Waals surface area contributed by atoms with Gasteiger partial charge in [0.25, 0.3) is 17.4 Å². The Kier molecular flexibility index (Phi) is 15.8. The molecule has 5 heterocycles. The number of aliphatic carboxylic acids is 1. The van der Waals surface area contributed by atoms with Gasteiger partial charge >= 0.3 is 11.9 Å². The van der Waals surface area contributed by atoms with Crippen molar-refractivity contribution in [2.45, 2.75) is 102 Å². The van der Waals surface area contributed by atoms with Gasteiger partial charge in [-0.3, -0.25) is 52.8 Å². The average molecular weight is 1050 g/mol. The first-order valence-corrected chi connectivity index (χ1v) is 24.6. The Bertz CT molecular complexity index is 3200. The molecule has 0 saturated heterocycles. The molecule has 4 aromatic rings. The number of imide groups is 1. The number of esters is 1. The van der Waals surface area contributed by atoms with E-state index in [0.717, 1.165) is 17.7 Å². The summed E-state index contributed by atoms with van der Waals surface area (Å²) in [5.74, 6) is -8.61. The van der Waals surface area contributed by atoms with Crippen LogP contribution in [0.15, 0.2) is 59.4 Å². The maximum atomic E-state index is 15.4. The molecule has 8 N–H and O–H groups in total. The molecule has 398 valence electrons. The Morgan fingerprint density at radius 2 is 1.54 bits per heavy atom. The summed E-state index contributed by atoms with van der Waals surface area (Å²) in [5.41, 5.74) is 1.93. The van der Waals surface area contributed by atoms with Gasteiger partial charge < -0.3 is 51.4 Å². The number of carbonyl (C=O) groups excluding carboxylic acids is 9. The van der Waals surface area contributed by atoms with E-state index in [2.05, 4.69) is 31.9 Å². The van der Waals surface area contributed by atoms with E-state index in [0.29, 0.717) is 62.3 Å². The average Bonchev–Trinajstić information content (AvgIpc) is 3.96. The first-order chi connectivity index (χ1) is 36.3. The van der Waals surface area contributed by atoms with Crippen LogP contribution in [0.3, 0.4) is 0 Å². The van der Waals surface area contributed by atoms with Crippen LogP contribution in [0.1, 0.15) is 90.4 Å². The van der Waals surface area contributed by atoms with Crippen molar-refractivity contribution >= 4 is 70.1 Å². The lowest BCUT2D eigenvalue weighted by atomic mass is 9.81. The van der Waals surface area contributed by atoms with Crippen molar-refractivity contribution in [3.8, 4) is 11.4 Å². The molecule has 8 amide bonds. The van der Waals surface area contributed by atoms with Gasteiger partial charge in [-0.25, -0.2) is 14.2 Å². The van der Waals surface area contributed by atoms with Gasteiger partial charge in [-0.2, -0.15) is 0 Å². The number of aromatic nitrogens is 2. The predicted molar refractivity (Wildman–Crippen MR) is 263 cm³/mol. The molecular weight excluding hydrogens is 994 g/mol. The number of hydrogen-bond donors (Lipinski definition) is 8. The lowest BCUT2D eigenvalue weighted by Crippen LogP contribution is -2.53. The summed E-state index contributed by atoms with van der Waals surface area (Å²) in [6.45, 7) is 1.21. The van der Waals surface area contributed by atoms with Crippen molar-refractivity contribution in [3.63, 3.8) is 0 Å². The van der Waals surface area contributed by atoms with Gasteiger partial charge in [0.2, 0.25) is 35.4 Å². The van der Waals surface area contributed by atoms with E-state index in [1.165, 1.54) is 10.6 Å². The Hall–Kier alpha value is -8.67. The van der Waals surface area contributed by atoms with Crippen molar-refractivity contribution < 1.29 is 67.3 Å². The van der Waals surface area contributed by atoms with Crippen LogP contribution in [0.25, 0.3) is 22.3 Å². The predicted octanol–water partition coefficient (Wildman–Crippen LogP) is -0.238. The minimum absolute atomic E-state index is 0.00915. The molecule has 1 unspecified atom stereocenters. The molecule has 0 bridgehead atoms. The summed E-state index contributed by atoms with van der Waals surface area (Å²) in [7, 11) is 0. The number of pyridine rings is 2. The molecule has 2 aromatic carbocycles. The summed E-state index contributed by atoms with van der Waals surface area (Å²) < 4.78 is 22.1. The molecule has 0 saturated carbocycles. The minimum atomic E-state index is -2.05. The molecule has 76 heavy (non-hydrogen) atoms. The van der Waals surface area contributed by atoms with Gasteiger partial charge in [-0.15, -0.1) is 0 Å². The van der Waals surface area contributed by atoms with Gasteiger partial charge in [0.05, 0.1) is 54.7 Å². The van der Waals surface area contributed by atoms with Crippen LogP contribution in [-0.2, 0) is 84.3 Å². The van der Waals surface area contributed by atoms with Crippen LogP contribution in [0.2, 0.25) is 0 Å². The maximum absolute atomic E-state index is 15.4. The highest BCUT2D eigenvalue weighted by Crippen LogP contribution is 2.46. The van der Waals surface area contributed by atoms with Gasteiger partial charge in [0.1, 0.15) is 24.5 Å². The van der Waals surface area contributed by atoms with Gasteiger partial charge in [-0.1, -0.05) is 37.3 Å².